The van der Waals surface area contributed by atoms with E-state index in [0.717, 1.165) is 0 Å². The highest BCUT2D eigenvalue weighted by molar-refractivity contribution is 7.73. The summed E-state index contributed by atoms with van der Waals surface area (Å²) in [6.07, 6.45) is 3.09. The molecule has 1 N–H and O–H groups in total. The van der Waals surface area contributed by atoms with Gasteiger partial charge < -0.3 is 9.88 Å². The van der Waals surface area contributed by atoms with Crippen LogP contribution in [0.25, 0.3) is 10.3 Å². The number of nitrogens with zero attached hydrogens (tertiary/aromatic N) is 3. The molecule has 2 rings (SSSR count). The molecule has 2 aromatic rings. The second kappa shape index (κ2) is 6.97. The molecule has 2 aromatic heterocycles. The smallest absolute Gasteiger partial charge is 0.273 e. The Labute approximate surface area is 137 Å². The minimum Gasteiger partial charge on any atom is -0.354 e. The van der Waals surface area contributed by atoms with Gasteiger partial charge in [-0.3, -0.25) is 14.2 Å². The summed E-state index contributed by atoms with van der Waals surface area (Å²) in [4.78, 5) is 28.6. The van der Waals surface area contributed by atoms with E-state index in [9.17, 15) is 9.59 Å². The fourth-order valence-electron chi connectivity index (χ4n) is 1.90. The van der Waals surface area contributed by atoms with E-state index in [1.54, 1.807) is 10.6 Å². The number of hydrogen-bond donors (Lipinski definition) is 1. The van der Waals surface area contributed by atoms with Crippen LogP contribution in [0, 0.1) is 9.87 Å². The number of aromatic nitrogens is 3. The first kappa shape index (κ1) is 16.6. The molecule has 0 bridgehead atoms. The maximum absolute atomic E-state index is 12.4. The van der Waals surface area contributed by atoms with Crippen molar-refractivity contribution in [2.75, 3.05) is 6.54 Å². The zero-order valence-corrected chi connectivity index (χ0v) is 14.2. The Morgan fingerprint density at radius 2 is 2.32 bits per heavy atom. The number of carbonyl (C=O) groups is 1. The summed E-state index contributed by atoms with van der Waals surface area (Å²) in [5.74, 6) is 0.158. The number of hydrogen-bond acceptors (Lipinski definition) is 5. The second-order valence-electron chi connectivity index (χ2n) is 5.30. The fourth-order valence-corrected chi connectivity index (χ4v) is 3.22. The molecule has 0 aliphatic rings. The molecule has 0 saturated heterocycles. The van der Waals surface area contributed by atoms with Gasteiger partial charge in [0.25, 0.3) is 5.56 Å². The van der Waals surface area contributed by atoms with Crippen LogP contribution in [0.3, 0.4) is 0 Å². The molecule has 0 saturated carbocycles. The van der Waals surface area contributed by atoms with E-state index >= 15 is 0 Å². The lowest BCUT2D eigenvalue weighted by molar-refractivity contribution is -0.121. The molecule has 0 spiro atoms. The van der Waals surface area contributed by atoms with Crippen LogP contribution in [0.1, 0.15) is 13.8 Å². The average molecular weight is 338 g/mol. The number of carbonyl (C=O) groups excluding carboxylic acids is 1. The van der Waals surface area contributed by atoms with Crippen molar-refractivity contribution in [3.8, 4) is 0 Å². The van der Waals surface area contributed by atoms with Crippen molar-refractivity contribution in [1.82, 2.24) is 19.4 Å². The van der Waals surface area contributed by atoms with Crippen molar-refractivity contribution in [2.45, 2.75) is 26.9 Å². The summed E-state index contributed by atoms with van der Waals surface area (Å²) < 4.78 is 4.10. The first-order valence-electron chi connectivity index (χ1n) is 6.90. The molecule has 0 aromatic carbocycles. The van der Waals surface area contributed by atoms with Gasteiger partial charge in [0, 0.05) is 13.1 Å². The Kier molecular flexibility index (Phi) is 5.25. The molecule has 0 atom stereocenters. The van der Waals surface area contributed by atoms with Crippen LogP contribution in [0.15, 0.2) is 23.8 Å². The van der Waals surface area contributed by atoms with E-state index in [1.165, 1.54) is 22.2 Å². The van der Waals surface area contributed by atoms with E-state index in [-0.39, 0.29) is 18.0 Å². The molecule has 22 heavy (non-hydrogen) atoms. The van der Waals surface area contributed by atoms with E-state index in [4.69, 9.17) is 12.2 Å². The summed E-state index contributed by atoms with van der Waals surface area (Å²) in [6.45, 7) is 8.73. The molecule has 6 nitrogen and oxygen atoms in total. The van der Waals surface area contributed by atoms with E-state index in [2.05, 4.69) is 16.9 Å². The Morgan fingerprint density at radius 3 is 2.95 bits per heavy atom. The first-order chi connectivity index (χ1) is 10.4. The van der Waals surface area contributed by atoms with Gasteiger partial charge in [-0.15, -0.1) is 6.58 Å². The SMILES string of the molecule is C=CCn1c(=S)sc2c(=O)n(CC(=O)NCC(C)C)cnc21. The first-order valence-corrected chi connectivity index (χ1v) is 8.13. The van der Waals surface area contributed by atoms with Gasteiger partial charge >= 0.3 is 0 Å². The normalized spacial score (nSPS) is 11.0. The van der Waals surface area contributed by atoms with Gasteiger partial charge in [-0.25, -0.2) is 4.98 Å². The van der Waals surface area contributed by atoms with Crippen LogP contribution in [-0.4, -0.2) is 26.6 Å². The van der Waals surface area contributed by atoms with Crippen LogP contribution in [-0.2, 0) is 17.9 Å². The van der Waals surface area contributed by atoms with Crippen molar-refractivity contribution >= 4 is 39.8 Å². The lowest BCUT2D eigenvalue weighted by Crippen LogP contribution is -2.34. The lowest BCUT2D eigenvalue weighted by Gasteiger charge is -2.09. The Bertz CT molecular complexity index is 816. The Morgan fingerprint density at radius 1 is 1.59 bits per heavy atom. The molecule has 0 unspecified atom stereocenters. The lowest BCUT2D eigenvalue weighted by atomic mass is 10.2. The molecular weight excluding hydrogens is 320 g/mol. The molecule has 0 aliphatic heterocycles. The number of nitrogens with one attached hydrogen (secondary N) is 1. The summed E-state index contributed by atoms with van der Waals surface area (Å²) >= 11 is 6.45. The van der Waals surface area contributed by atoms with Crippen LogP contribution >= 0.6 is 23.6 Å². The van der Waals surface area contributed by atoms with E-state index in [1.807, 2.05) is 13.8 Å². The maximum Gasteiger partial charge on any atom is 0.273 e. The number of amides is 1. The number of fused-ring (bicyclic) bond motifs is 1. The number of rotatable bonds is 6. The number of allylic oxidation sites excluding steroid dienone is 1. The van der Waals surface area contributed by atoms with E-state index in [0.29, 0.717) is 33.3 Å². The van der Waals surface area contributed by atoms with Crippen molar-refractivity contribution in [2.24, 2.45) is 5.92 Å². The zero-order chi connectivity index (χ0) is 16.3. The monoisotopic (exact) mass is 338 g/mol. The van der Waals surface area contributed by atoms with Gasteiger partial charge in [-0.2, -0.15) is 0 Å². The van der Waals surface area contributed by atoms with Gasteiger partial charge in [-0.1, -0.05) is 31.3 Å². The second-order valence-corrected chi connectivity index (χ2v) is 6.94. The summed E-state index contributed by atoms with van der Waals surface area (Å²) in [7, 11) is 0. The third kappa shape index (κ3) is 3.50. The Balaban J connectivity index is 2.32. The average Bonchev–Trinajstić information content (AvgIpc) is 2.78. The molecule has 8 heteroatoms. The molecule has 0 fully saturated rings. The summed E-state index contributed by atoms with van der Waals surface area (Å²) in [5, 5.41) is 2.78. The number of thiazole rings is 1. The van der Waals surface area contributed by atoms with Crippen molar-refractivity contribution in [3.05, 3.63) is 33.3 Å². The third-order valence-electron chi connectivity index (χ3n) is 2.98. The van der Waals surface area contributed by atoms with Gasteiger partial charge in [-0.05, 0) is 18.1 Å². The molecular formula is C14H18N4O2S2. The van der Waals surface area contributed by atoms with E-state index < -0.39 is 0 Å². The van der Waals surface area contributed by atoms with Crippen molar-refractivity contribution in [1.29, 1.82) is 0 Å². The highest BCUT2D eigenvalue weighted by Gasteiger charge is 2.13. The highest BCUT2D eigenvalue weighted by Crippen LogP contribution is 2.17. The summed E-state index contributed by atoms with van der Waals surface area (Å²) in [6, 6.07) is 0. The van der Waals surface area contributed by atoms with Crippen molar-refractivity contribution in [3.63, 3.8) is 0 Å². The highest BCUT2D eigenvalue weighted by atomic mass is 32.1. The Hall–Kier alpha value is -1.80. The molecule has 0 radical (unpaired) electrons. The zero-order valence-electron chi connectivity index (χ0n) is 12.5. The predicted molar refractivity (Wildman–Crippen MR) is 90.7 cm³/mol. The minimum absolute atomic E-state index is 0.0411. The predicted octanol–water partition coefficient (Wildman–Crippen LogP) is 1.95. The summed E-state index contributed by atoms with van der Waals surface area (Å²) in [5.41, 5.74) is 0.294. The van der Waals surface area contributed by atoms with Gasteiger partial charge in [0.05, 0.1) is 0 Å². The third-order valence-corrected chi connectivity index (χ3v) is 4.40. The van der Waals surface area contributed by atoms with Crippen LogP contribution < -0.4 is 10.9 Å². The molecule has 1 amide bonds. The molecule has 0 aliphatic carbocycles. The van der Waals surface area contributed by atoms with Gasteiger partial charge in [0.15, 0.2) is 9.60 Å². The molecule has 118 valence electrons. The maximum atomic E-state index is 12.4. The van der Waals surface area contributed by atoms with Crippen molar-refractivity contribution < 1.29 is 4.79 Å². The largest absolute Gasteiger partial charge is 0.354 e. The fraction of sp³-hybridized carbons (Fsp3) is 0.429. The van der Waals surface area contributed by atoms with Gasteiger partial charge in [0.1, 0.15) is 17.6 Å². The van der Waals surface area contributed by atoms with Gasteiger partial charge in [0.2, 0.25) is 5.91 Å². The van der Waals surface area contributed by atoms with Crippen LogP contribution in [0.4, 0.5) is 0 Å². The standard InChI is InChI=1S/C14H18N4O2S2/c1-4-5-18-12-11(22-14(18)21)13(20)17(8-16-12)7-10(19)15-6-9(2)3/h4,8-9H,1,5-7H2,2-3H3,(H,15,19). The quantitative estimate of drug-likeness (QED) is 0.646. The molecule has 2 heterocycles. The van der Waals surface area contributed by atoms with Crippen LogP contribution in [0.2, 0.25) is 0 Å². The minimum atomic E-state index is -0.247. The topological polar surface area (TPSA) is 68.9 Å². The van der Waals surface area contributed by atoms with Crippen LogP contribution in [0.5, 0.6) is 0 Å².